The highest BCUT2D eigenvalue weighted by Crippen LogP contribution is 2.09. The van der Waals surface area contributed by atoms with Gasteiger partial charge < -0.3 is 18.3 Å². The Hall–Kier alpha value is 0.347. The van der Waals surface area contributed by atoms with E-state index in [1.165, 1.54) is 0 Å². The van der Waals surface area contributed by atoms with Gasteiger partial charge in [-0.15, -0.1) is 11.6 Å². The van der Waals surface area contributed by atoms with E-state index in [1.807, 2.05) is 6.55 Å². The Labute approximate surface area is 91.7 Å². The van der Waals surface area contributed by atoms with Gasteiger partial charge in [0.2, 0.25) is 0 Å². The maximum absolute atomic E-state index is 5.80. The number of alkyl halides is 1. The van der Waals surface area contributed by atoms with Crippen molar-refractivity contribution in [2.75, 3.05) is 46.2 Å². The number of methoxy groups -OCH3 is 2. The molecule has 4 nitrogen and oxygen atoms in total. The van der Waals surface area contributed by atoms with Crippen molar-refractivity contribution in [3.8, 4) is 0 Å². The molecule has 0 atom stereocenters. The van der Waals surface area contributed by atoms with Crippen molar-refractivity contribution >= 4 is 20.2 Å². The van der Waals surface area contributed by atoms with Gasteiger partial charge in [0.15, 0.2) is 0 Å². The van der Waals surface area contributed by atoms with Crippen LogP contribution < -0.4 is 0 Å². The summed E-state index contributed by atoms with van der Waals surface area (Å²) < 4.78 is 20.9. The Kier molecular flexibility index (Phi) is 8.85. The van der Waals surface area contributed by atoms with Crippen LogP contribution in [0.5, 0.6) is 0 Å². The first-order valence-corrected chi connectivity index (χ1v) is 7.56. The molecule has 0 aromatic heterocycles. The summed E-state index contributed by atoms with van der Waals surface area (Å²) in [6.45, 7) is 4.11. The van der Waals surface area contributed by atoms with E-state index in [0.29, 0.717) is 31.9 Å². The Morgan fingerprint density at radius 2 is 1.36 bits per heavy atom. The molecular formula is C8H19ClO4Si. The highest BCUT2D eigenvalue weighted by atomic mass is 35.5. The van der Waals surface area contributed by atoms with Crippen molar-refractivity contribution in [1.29, 1.82) is 0 Å². The Morgan fingerprint density at radius 3 is 1.64 bits per heavy atom. The van der Waals surface area contributed by atoms with Crippen LogP contribution in [-0.2, 0) is 18.3 Å². The molecule has 0 aliphatic carbocycles. The molecule has 0 aliphatic rings. The zero-order chi connectivity index (χ0) is 10.9. The first kappa shape index (κ1) is 14.3. The molecular weight excluding hydrogens is 224 g/mol. The van der Waals surface area contributed by atoms with Crippen LogP contribution in [0.3, 0.4) is 0 Å². The molecule has 0 amide bonds. The van der Waals surface area contributed by atoms with Gasteiger partial charge in [0.05, 0.1) is 31.9 Å². The molecule has 0 radical (unpaired) electrons. The third kappa shape index (κ3) is 6.75. The third-order valence-corrected chi connectivity index (χ3v) is 5.20. The van der Waals surface area contributed by atoms with Crippen LogP contribution in [0.25, 0.3) is 0 Å². The molecule has 0 aliphatic heterocycles. The topological polar surface area (TPSA) is 36.9 Å². The number of halogens is 1. The summed E-state index contributed by atoms with van der Waals surface area (Å²) in [6.07, 6.45) is 0. The van der Waals surface area contributed by atoms with E-state index in [4.69, 9.17) is 29.9 Å². The lowest BCUT2D eigenvalue weighted by Gasteiger charge is -2.24. The van der Waals surface area contributed by atoms with E-state index in [9.17, 15) is 0 Å². The van der Waals surface area contributed by atoms with Gasteiger partial charge in [0.1, 0.15) is 0 Å². The lowest BCUT2D eigenvalue weighted by Crippen LogP contribution is -2.43. The summed E-state index contributed by atoms with van der Waals surface area (Å²) in [5.41, 5.74) is 0.417. The molecule has 0 aromatic carbocycles. The van der Waals surface area contributed by atoms with E-state index in [0.717, 1.165) is 0 Å². The maximum atomic E-state index is 5.80. The van der Waals surface area contributed by atoms with Crippen LogP contribution in [0.2, 0.25) is 6.55 Å². The SMILES string of the molecule is COCCO[Si](C)(CCl)OCCOC. The molecule has 0 N–H and O–H groups in total. The van der Waals surface area contributed by atoms with Crippen LogP contribution in [0.4, 0.5) is 0 Å². The van der Waals surface area contributed by atoms with Crippen LogP contribution in [0.15, 0.2) is 0 Å². The van der Waals surface area contributed by atoms with E-state index in [-0.39, 0.29) is 0 Å². The van der Waals surface area contributed by atoms with Crippen molar-refractivity contribution in [1.82, 2.24) is 0 Å². The Bertz CT molecular complexity index is 127. The maximum Gasteiger partial charge on any atom is 0.350 e. The predicted molar refractivity (Wildman–Crippen MR) is 58.0 cm³/mol. The van der Waals surface area contributed by atoms with Crippen molar-refractivity contribution < 1.29 is 18.3 Å². The van der Waals surface area contributed by atoms with Gasteiger partial charge in [-0.25, -0.2) is 0 Å². The van der Waals surface area contributed by atoms with E-state index < -0.39 is 8.56 Å². The molecule has 0 unspecified atom stereocenters. The molecule has 0 saturated carbocycles. The monoisotopic (exact) mass is 242 g/mol. The van der Waals surface area contributed by atoms with Crippen molar-refractivity contribution in [3.05, 3.63) is 0 Å². The number of rotatable bonds is 9. The summed E-state index contributed by atoms with van der Waals surface area (Å²) in [5.74, 6) is 0. The van der Waals surface area contributed by atoms with E-state index in [1.54, 1.807) is 14.2 Å². The number of hydrogen-bond donors (Lipinski definition) is 0. The smallest absolute Gasteiger partial charge is 0.350 e. The highest BCUT2D eigenvalue weighted by molar-refractivity contribution is 6.73. The van der Waals surface area contributed by atoms with Crippen LogP contribution in [0.1, 0.15) is 0 Å². The molecule has 0 spiro atoms. The molecule has 14 heavy (non-hydrogen) atoms. The third-order valence-electron chi connectivity index (χ3n) is 1.63. The van der Waals surface area contributed by atoms with Gasteiger partial charge in [-0.2, -0.15) is 0 Å². The second kappa shape index (κ2) is 8.64. The minimum Gasteiger partial charge on any atom is -0.391 e. The fourth-order valence-corrected chi connectivity index (χ4v) is 2.53. The molecule has 86 valence electrons. The summed E-state index contributed by atoms with van der Waals surface area (Å²) in [7, 11) is 1.07. The molecule has 0 aromatic rings. The minimum absolute atomic E-state index is 0.417. The van der Waals surface area contributed by atoms with Crippen LogP contribution in [-0.4, -0.2) is 54.7 Å². The van der Waals surface area contributed by atoms with Gasteiger partial charge in [-0.3, -0.25) is 0 Å². The largest absolute Gasteiger partial charge is 0.391 e. The predicted octanol–water partition coefficient (Wildman–Crippen LogP) is 1.16. The summed E-state index contributed by atoms with van der Waals surface area (Å²) in [5, 5.41) is 0. The molecule has 0 heterocycles. The fraction of sp³-hybridized carbons (Fsp3) is 1.00. The van der Waals surface area contributed by atoms with Gasteiger partial charge in [-0.05, 0) is 6.55 Å². The minimum atomic E-state index is -2.19. The summed E-state index contributed by atoms with van der Waals surface area (Å²) in [6, 6.07) is 0. The molecule has 0 bridgehead atoms. The number of hydrogen-bond acceptors (Lipinski definition) is 4. The summed E-state index contributed by atoms with van der Waals surface area (Å²) in [4.78, 5) is 0. The normalized spacial score (nSPS) is 12.0. The summed E-state index contributed by atoms with van der Waals surface area (Å²) >= 11 is 5.80. The van der Waals surface area contributed by atoms with Crippen molar-refractivity contribution in [3.63, 3.8) is 0 Å². The number of ether oxygens (including phenoxy) is 2. The highest BCUT2D eigenvalue weighted by Gasteiger charge is 2.30. The van der Waals surface area contributed by atoms with Gasteiger partial charge in [0.25, 0.3) is 0 Å². The fourth-order valence-electron chi connectivity index (χ4n) is 0.801. The van der Waals surface area contributed by atoms with Gasteiger partial charge in [0, 0.05) is 14.2 Å². The van der Waals surface area contributed by atoms with Gasteiger partial charge in [-0.1, -0.05) is 0 Å². The Balaban J connectivity index is 3.67. The zero-order valence-electron chi connectivity index (χ0n) is 9.05. The van der Waals surface area contributed by atoms with E-state index in [2.05, 4.69) is 0 Å². The first-order valence-electron chi connectivity index (χ1n) is 4.50. The molecule has 0 saturated heterocycles. The molecule has 0 fully saturated rings. The molecule has 0 rings (SSSR count). The first-order chi connectivity index (χ1) is 6.68. The molecule has 6 heteroatoms. The lowest BCUT2D eigenvalue weighted by molar-refractivity contribution is 0.0907. The van der Waals surface area contributed by atoms with Gasteiger partial charge >= 0.3 is 8.56 Å². The second-order valence-electron chi connectivity index (χ2n) is 2.95. The van der Waals surface area contributed by atoms with Crippen molar-refractivity contribution in [2.24, 2.45) is 0 Å². The quantitative estimate of drug-likeness (QED) is 0.346. The Morgan fingerprint density at radius 1 is 0.929 bits per heavy atom. The lowest BCUT2D eigenvalue weighted by atomic mass is 10.8. The standard InChI is InChI=1S/C8H19ClO4Si/c1-10-4-6-12-14(3,8-9)13-7-5-11-2/h4-8H2,1-3H3. The second-order valence-corrected chi connectivity index (χ2v) is 6.86. The van der Waals surface area contributed by atoms with Crippen LogP contribution in [0, 0.1) is 0 Å². The van der Waals surface area contributed by atoms with E-state index >= 15 is 0 Å². The average molecular weight is 243 g/mol. The zero-order valence-corrected chi connectivity index (χ0v) is 10.8. The van der Waals surface area contributed by atoms with Crippen molar-refractivity contribution in [2.45, 2.75) is 6.55 Å². The van der Waals surface area contributed by atoms with Crippen LogP contribution >= 0.6 is 11.6 Å². The average Bonchev–Trinajstić information content (AvgIpc) is 2.19.